The fourth-order valence-corrected chi connectivity index (χ4v) is 3.33. The lowest BCUT2D eigenvalue weighted by atomic mass is 10.0. The highest BCUT2D eigenvalue weighted by Gasteiger charge is 2.15. The summed E-state index contributed by atoms with van der Waals surface area (Å²) in [6.07, 6.45) is 5.08. The van der Waals surface area contributed by atoms with Crippen molar-refractivity contribution < 1.29 is 9.47 Å². The first-order valence-electron chi connectivity index (χ1n) is 8.40. The van der Waals surface area contributed by atoms with E-state index in [1.165, 1.54) is 5.57 Å². The Labute approximate surface area is 146 Å². The van der Waals surface area contributed by atoms with Crippen LogP contribution >= 0.6 is 0 Å². The van der Waals surface area contributed by atoms with Crippen molar-refractivity contribution in [3.05, 3.63) is 48.3 Å². The molecule has 1 aliphatic rings. The monoisotopic (exact) mass is 335 g/mol. The average Bonchev–Trinajstić information content (AvgIpc) is 3.12. The minimum absolute atomic E-state index is 0.803. The molecule has 5 nitrogen and oxygen atoms in total. The van der Waals surface area contributed by atoms with E-state index < -0.39 is 0 Å². The summed E-state index contributed by atoms with van der Waals surface area (Å²) in [5.74, 6) is 1.62. The Morgan fingerprint density at radius 1 is 1.04 bits per heavy atom. The van der Waals surface area contributed by atoms with Crippen LogP contribution in [0.25, 0.3) is 27.7 Å². The van der Waals surface area contributed by atoms with E-state index in [9.17, 15) is 0 Å². The van der Waals surface area contributed by atoms with Crippen molar-refractivity contribution in [2.24, 2.45) is 0 Å². The van der Waals surface area contributed by atoms with E-state index in [0.29, 0.717) is 0 Å². The van der Waals surface area contributed by atoms with Crippen molar-refractivity contribution in [2.75, 3.05) is 27.3 Å². The van der Waals surface area contributed by atoms with Gasteiger partial charge >= 0.3 is 0 Å². The second kappa shape index (κ2) is 6.61. The molecule has 0 bridgehead atoms. The summed E-state index contributed by atoms with van der Waals surface area (Å²) >= 11 is 0. The molecule has 3 aromatic rings. The first-order valence-corrected chi connectivity index (χ1v) is 8.40. The molecule has 1 aliphatic heterocycles. The molecule has 5 heteroatoms. The Bertz CT molecular complexity index is 943. The van der Waals surface area contributed by atoms with Crippen LogP contribution in [0.2, 0.25) is 0 Å². The van der Waals surface area contributed by atoms with Crippen LogP contribution in [-0.2, 0) is 0 Å². The molecule has 0 saturated carbocycles. The first kappa shape index (κ1) is 15.7. The van der Waals surface area contributed by atoms with Crippen molar-refractivity contribution in [3.8, 4) is 22.6 Å². The third kappa shape index (κ3) is 2.87. The van der Waals surface area contributed by atoms with E-state index in [-0.39, 0.29) is 0 Å². The van der Waals surface area contributed by atoms with E-state index in [0.717, 1.165) is 58.9 Å². The molecule has 0 amide bonds. The molecule has 0 aliphatic carbocycles. The molecular formula is C20H21N3O2. The number of hydrogen-bond acceptors (Lipinski definition) is 4. The molecule has 0 saturated heterocycles. The smallest absolute Gasteiger partial charge is 0.138 e. The maximum atomic E-state index is 5.57. The molecule has 25 heavy (non-hydrogen) atoms. The number of methoxy groups -OCH3 is 2. The van der Waals surface area contributed by atoms with E-state index in [2.05, 4.69) is 27.4 Å². The van der Waals surface area contributed by atoms with Crippen LogP contribution in [-0.4, -0.2) is 37.3 Å². The zero-order valence-electron chi connectivity index (χ0n) is 14.4. The summed E-state index contributed by atoms with van der Waals surface area (Å²) in [5, 5.41) is 4.43. The molecule has 2 N–H and O–H groups in total. The number of nitrogens with zero attached hydrogens (tertiary/aromatic N) is 1. The van der Waals surface area contributed by atoms with Gasteiger partial charge in [0.25, 0.3) is 0 Å². The van der Waals surface area contributed by atoms with Gasteiger partial charge in [-0.2, -0.15) is 0 Å². The molecule has 0 spiro atoms. The summed E-state index contributed by atoms with van der Waals surface area (Å²) in [6.45, 7) is 1.92. The van der Waals surface area contributed by atoms with Crippen LogP contribution in [0.3, 0.4) is 0 Å². The lowest BCUT2D eigenvalue weighted by Crippen LogP contribution is -2.20. The van der Waals surface area contributed by atoms with Crippen molar-refractivity contribution in [1.29, 1.82) is 0 Å². The van der Waals surface area contributed by atoms with Gasteiger partial charge in [0.05, 0.1) is 14.2 Å². The number of aromatic nitrogens is 2. The first-order chi connectivity index (χ1) is 12.3. The summed E-state index contributed by atoms with van der Waals surface area (Å²) in [6, 6.07) is 10.1. The fraction of sp³-hybridized carbons (Fsp3) is 0.250. The minimum atomic E-state index is 0.803. The predicted octanol–water partition coefficient (Wildman–Crippen LogP) is 3.62. The van der Waals surface area contributed by atoms with Crippen molar-refractivity contribution >= 4 is 16.6 Å². The normalized spacial score (nSPS) is 14.4. The molecule has 0 fully saturated rings. The Morgan fingerprint density at radius 3 is 2.72 bits per heavy atom. The number of rotatable bonds is 4. The zero-order valence-corrected chi connectivity index (χ0v) is 14.4. The average molecular weight is 335 g/mol. The standard InChI is InChI=1S/C20H21N3O2/c1-24-14-3-4-19(25-2)16(11-14)15-7-10-22-20-17(15)12-18(23-20)13-5-8-21-9-6-13/h3-5,7,10-12,21H,6,8-9H2,1-2H3,(H,22,23). The van der Waals surface area contributed by atoms with Crippen LogP contribution in [0.1, 0.15) is 12.1 Å². The molecular weight excluding hydrogens is 314 g/mol. The number of benzene rings is 1. The highest BCUT2D eigenvalue weighted by molar-refractivity contribution is 5.97. The molecule has 0 unspecified atom stereocenters. The number of aromatic amines is 1. The van der Waals surface area contributed by atoms with Gasteiger partial charge in [-0.15, -0.1) is 0 Å². The van der Waals surface area contributed by atoms with Gasteiger partial charge in [0.1, 0.15) is 17.1 Å². The van der Waals surface area contributed by atoms with Gasteiger partial charge in [-0.25, -0.2) is 4.98 Å². The van der Waals surface area contributed by atoms with E-state index in [1.807, 2.05) is 30.5 Å². The number of H-pyrrole nitrogens is 1. The van der Waals surface area contributed by atoms with Gasteiger partial charge in [0.15, 0.2) is 0 Å². The van der Waals surface area contributed by atoms with Gasteiger partial charge in [-0.05, 0) is 54.4 Å². The summed E-state index contributed by atoms with van der Waals surface area (Å²) < 4.78 is 11.0. The minimum Gasteiger partial charge on any atom is -0.497 e. The van der Waals surface area contributed by atoms with Gasteiger partial charge < -0.3 is 19.8 Å². The number of hydrogen-bond donors (Lipinski definition) is 2. The largest absolute Gasteiger partial charge is 0.497 e. The number of pyridine rings is 1. The Morgan fingerprint density at radius 2 is 1.96 bits per heavy atom. The maximum Gasteiger partial charge on any atom is 0.138 e. The van der Waals surface area contributed by atoms with Gasteiger partial charge in [0.2, 0.25) is 0 Å². The lowest BCUT2D eigenvalue weighted by Gasteiger charge is -2.12. The quantitative estimate of drug-likeness (QED) is 0.764. The molecule has 0 radical (unpaired) electrons. The van der Waals surface area contributed by atoms with Gasteiger partial charge in [-0.3, -0.25) is 0 Å². The lowest BCUT2D eigenvalue weighted by molar-refractivity contribution is 0.404. The van der Waals surface area contributed by atoms with Crippen molar-refractivity contribution in [2.45, 2.75) is 6.42 Å². The summed E-state index contributed by atoms with van der Waals surface area (Å²) in [7, 11) is 3.36. The maximum absolute atomic E-state index is 5.57. The van der Waals surface area contributed by atoms with Crippen molar-refractivity contribution in [3.63, 3.8) is 0 Å². The highest BCUT2D eigenvalue weighted by atomic mass is 16.5. The second-order valence-corrected chi connectivity index (χ2v) is 6.05. The fourth-order valence-electron chi connectivity index (χ4n) is 3.33. The van der Waals surface area contributed by atoms with Crippen molar-refractivity contribution in [1.82, 2.24) is 15.3 Å². The molecule has 128 valence electrons. The third-order valence-electron chi connectivity index (χ3n) is 4.64. The van der Waals surface area contributed by atoms with Crippen LogP contribution in [0, 0.1) is 0 Å². The Kier molecular flexibility index (Phi) is 4.15. The summed E-state index contributed by atoms with van der Waals surface area (Å²) in [4.78, 5) is 7.97. The van der Waals surface area contributed by atoms with E-state index >= 15 is 0 Å². The zero-order chi connectivity index (χ0) is 17.2. The van der Waals surface area contributed by atoms with E-state index in [4.69, 9.17) is 9.47 Å². The van der Waals surface area contributed by atoms with Gasteiger partial charge in [0, 0.05) is 29.4 Å². The van der Waals surface area contributed by atoms with Crippen LogP contribution in [0.4, 0.5) is 0 Å². The highest BCUT2D eigenvalue weighted by Crippen LogP contribution is 2.37. The van der Waals surface area contributed by atoms with Crippen LogP contribution < -0.4 is 14.8 Å². The summed E-state index contributed by atoms with van der Waals surface area (Å²) in [5.41, 5.74) is 5.44. The van der Waals surface area contributed by atoms with Gasteiger partial charge in [-0.1, -0.05) is 6.08 Å². The molecule has 1 aromatic carbocycles. The van der Waals surface area contributed by atoms with Crippen LogP contribution in [0.5, 0.6) is 11.5 Å². The number of ether oxygens (including phenoxy) is 2. The molecule has 4 rings (SSSR count). The molecule has 3 heterocycles. The number of fused-ring (bicyclic) bond motifs is 1. The predicted molar refractivity (Wildman–Crippen MR) is 100 cm³/mol. The Balaban J connectivity index is 1.88. The second-order valence-electron chi connectivity index (χ2n) is 6.05. The van der Waals surface area contributed by atoms with Crippen LogP contribution in [0.15, 0.2) is 42.6 Å². The third-order valence-corrected chi connectivity index (χ3v) is 4.64. The molecule has 0 atom stereocenters. The molecule has 2 aromatic heterocycles. The SMILES string of the molecule is COc1ccc(OC)c(-c2ccnc3[nH]c(C4=CCNCC4)cc23)c1. The number of nitrogens with one attached hydrogen (secondary N) is 2. The Hall–Kier alpha value is -2.79. The van der Waals surface area contributed by atoms with E-state index in [1.54, 1.807) is 14.2 Å². The topological polar surface area (TPSA) is 59.2 Å².